The largest absolute Gasteiger partial charge is 0.372 e. The third-order valence-corrected chi connectivity index (χ3v) is 4.33. The highest BCUT2D eigenvalue weighted by molar-refractivity contribution is 5.65. The van der Waals surface area contributed by atoms with Gasteiger partial charge in [0.15, 0.2) is 11.5 Å². The van der Waals surface area contributed by atoms with Crippen LogP contribution in [0.4, 0.5) is 11.6 Å². The van der Waals surface area contributed by atoms with Crippen molar-refractivity contribution in [3.63, 3.8) is 0 Å². The average molecular weight is 273 g/mol. The summed E-state index contributed by atoms with van der Waals surface area (Å²) in [6.07, 6.45) is 12.2. The highest BCUT2D eigenvalue weighted by atomic mass is 15.1. The molecule has 108 valence electrons. The number of fused-ring (bicyclic) bond motifs is 1. The van der Waals surface area contributed by atoms with Crippen LogP contribution in [0.25, 0.3) is 5.65 Å². The van der Waals surface area contributed by atoms with Crippen LogP contribution in [0.5, 0.6) is 0 Å². The minimum Gasteiger partial charge on any atom is -0.372 e. The van der Waals surface area contributed by atoms with Gasteiger partial charge in [0.2, 0.25) is 0 Å². The summed E-state index contributed by atoms with van der Waals surface area (Å²) in [5, 5.41) is 6.72. The van der Waals surface area contributed by atoms with Crippen molar-refractivity contribution in [1.29, 1.82) is 0 Å². The molecule has 0 spiro atoms. The maximum absolute atomic E-state index is 4.63. The molecule has 5 heteroatoms. The number of hydrogen-bond acceptors (Lipinski definition) is 4. The summed E-state index contributed by atoms with van der Waals surface area (Å²) >= 11 is 0. The van der Waals surface area contributed by atoms with Gasteiger partial charge in [0.25, 0.3) is 0 Å². The summed E-state index contributed by atoms with van der Waals surface area (Å²) in [6, 6.07) is 0.522. The number of nitrogens with zero attached hydrogens (tertiary/aromatic N) is 3. The van der Waals surface area contributed by atoms with Gasteiger partial charge in [0.1, 0.15) is 5.82 Å². The molecule has 2 N–H and O–H groups in total. The van der Waals surface area contributed by atoms with Crippen molar-refractivity contribution < 1.29 is 0 Å². The molecule has 1 aliphatic rings. The van der Waals surface area contributed by atoms with Crippen LogP contribution in [0.3, 0.4) is 0 Å². The lowest BCUT2D eigenvalue weighted by Gasteiger charge is -2.29. The second-order valence-electron chi connectivity index (χ2n) is 5.67. The fraction of sp³-hybridized carbons (Fsp3) is 0.600. The van der Waals surface area contributed by atoms with E-state index in [1.165, 1.54) is 32.1 Å². The molecule has 1 fully saturated rings. The molecule has 20 heavy (non-hydrogen) atoms. The lowest BCUT2D eigenvalue weighted by molar-refractivity contribution is 0.327. The molecule has 0 aromatic carbocycles. The minimum atomic E-state index is 0.522. The first-order chi connectivity index (χ1) is 9.80. The third kappa shape index (κ3) is 2.57. The predicted octanol–water partition coefficient (Wildman–Crippen LogP) is 3.15. The van der Waals surface area contributed by atoms with Gasteiger partial charge in [-0.25, -0.2) is 9.97 Å². The monoisotopic (exact) mass is 273 g/mol. The van der Waals surface area contributed by atoms with Crippen LogP contribution >= 0.6 is 0 Å². The van der Waals surface area contributed by atoms with Gasteiger partial charge in [-0.15, -0.1) is 0 Å². The lowest BCUT2D eigenvalue weighted by atomic mass is 9.84. The Morgan fingerprint density at radius 1 is 1.40 bits per heavy atom. The first kappa shape index (κ1) is 13.2. The van der Waals surface area contributed by atoms with Crippen molar-refractivity contribution in [3.05, 3.63) is 18.6 Å². The van der Waals surface area contributed by atoms with E-state index in [4.69, 9.17) is 0 Å². The molecule has 5 nitrogen and oxygen atoms in total. The second-order valence-corrected chi connectivity index (χ2v) is 5.67. The zero-order valence-corrected chi connectivity index (χ0v) is 12.3. The van der Waals surface area contributed by atoms with Crippen molar-refractivity contribution in [2.75, 3.05) is 17.7 Å². The summed E-state index contributed by atoms with van der Waals surface area (Å²) in [6.45, 7) is 2.29. The van der Waals surface area contributed by atoms with Crippen LogP contribution in [0, 0.1) is 5.92 Å². The SMILES string of the molecule is CCC1CCCC(Nc2nc(NC)cn3ccnc23)C1. The number of aromatic nitrogens is 3. The van der Waals surface area contributed by atoms with E-state index in [0.29, 0.717) is 6.04 Å². The molecule has 1 aliphatic carbocycles. The Kier molecular flexibility index (Phi) is 3.76. The summed E-state index contributed by atoms with van der Waals surface area (Å²) < 4.78 is 2.02. The predicted molar refractivity (Wildman–Crippen MR) is 82.2 cm³/mol. The molecule has 2 aromatic rings. The lowest BCUT2D eigenvalue weighted by Crippen LogP contribution is -2.27. The summed E-state index contributed by atoms with van der Waals surface area (Å²) in [5.74, 6) is 2.61. The van der Waals surface area contributed by atoms with E-state index < -0.39 is 0 Å². The maximum Gasteiger partial charge on any atom is 0.180 e. The fourth-order valence-corrected chi connectivity index (χ4v) is 3.14. The standard InChI is InChI=1S/C15H23N5/c1-3-11-5-4-6-12(9-11)18-14-15-17-7-8-20(15)10-13(16-2)19-14/h7-8,10-12,16H,3-6,9H2,1-2H3,(H,18,19). The quantitative estimate of drug-likeness (QED) is 0.898. The Balaban J connectivity index is 1.84. The van der Waals surface area contributed by atoms with E-state index in [2.05, 4.69) is 27.5 Å². The Hall–Kier alpha value is -1.78. The smallest absolute Gasteiger partial charge is 0.180 e. The Morgan fingerprint density at radius 3 is 3.10 bits per heavy atom. The first-order valence-electron chi connectivity index (χ1n) is 7.58. The van der Waals surface area contributed by atoms with Gasteiger partial charge in [-0.1, -0.05) is 26.2 Å². The van der Waals surface area contributed by atoms with Crippen LogP contribution < -0.4 is 10.6 Å². The van der Waals surface area contributed by atoms with Crippen molar-refractivity contribution >= 4 is 17.3 Å². The van der Waals surface area contributed by atoms with Crippen molar-refractivity contribution in [1.82, 2.24) is 14.4 Å². The molecule has 1 saturated carbocycles. The topological polar surface area (TPSA) is 54.2 Å². The van der Waals surface area contributed by atoms with Crippen LogP contribution in [-0.2, 0) is 0 Å². The van der Waals surface area contributed by atoms with Gasteiger partial charge in [-0.3, -0.25) is 0 Å². The minimum absolute atomic E-state index is 0.522. The van der Waals surface area contributed by atoms with Gasteiger partial charge >= 0.3 is 0 Å². The summed E-state index contributed by atoms with van der Waals surface area (Å²) in [7, 11) is 1.89. The Bertz CT molecular complexity index is 577. The van der Waals surface area contributed by atoms with Crippen LogP contribution in [0.2, 0.25) is 0 Å². The number of nitrogens with one attached hydrogen (secondary N) is 2. The molecule has 0 radical (unpaired) electrons. The number of imidazole rings is 1. The first-order valence-corrected chi connectivity index (χ1v) is 7.58. The molecule has 2 heterocycles. The average Bonchev–Trinajstić information content (AvgIpc) is 2.96. The highest BCUT2D eigenvalue weighted by Crippen LogP contribution is 2.29. The summed E-state index contributed by atoms with van der Waals surface area (Å²) in [4.78, 5) is 9.04. The Labute approximate surface area is 119 Å². The molecule has 0 bridgehead atoms. The number of rotatable bonds is 4. The highest BCUT2D eigenvalue weighted by Gasteiger charge is 2.22. The summed E-state index contributed by atoms with van der Waals surface area (Å²) in [5.41, 5.74) is 0.905. The molecule has 3 rings (SSSR count). The molecule has 2 atom stereocenters. The molecule has 0 saturated heterocycles. The van der Waals surface area contributed by atoms with E-state index in [0.717, 1.165) is 23.2 Å². The number of hydrogen-bond donors (Lipinski definition) is 2. The molecule has 0 aliphatic heterocycles. The van der Waals surface area contributed by atoms with Gasteiger partial charge in [0.05, 0.1) is 6.20 Å². The molecular formula is C15H23N5. The van der Waals surface area contributed by atoms with Gasteiger partial charge in [0, 0.05) is 25.5 Å². The Morgan fingerprint density at radius 2 is 2.30 bits per heavy atom. The zero-order valence-electron chi connectivity index (χ0n) is 12.3. The van der Waals surface area contributed by atoms with E-state index >= 15 is 0 Å². The van der Waals surface area contributed by atoms with Gasteiger partial charge in [-0.2, -0.15) is 0 Å². The van der Waals surface area contributed by atoms with Crippen LogP contribution in [-0.4, -0.2) is 27.5 Å². The molecule has 2 aromatic heterocycles. The van der Waals surface area contributed by atoms with Crippen molar-refractivity contribution in [3.8, 4) is 0 Å². The second kappa shape index (κ2) is 5.69. The van der Waals surface area contributed by atoms with E-state index in [1.54, 1.807) is 0 Å². The van der Waals surface area contributed by atoms with E-state index in [1.807, 2.05) is 30.0 Å². The normalized spacial score (nSPS) is 22.9. The van der Waals surface area contributed by atoms with E-state index in [-0.39, 0.29) is 0 Å². The van der Waals surface area contributed by atoms with E-state index in [9.17, 15) is 0 Å². The van der Waals surface area contributed by atoms with Crippen molar-refractivity contribution in [2.45, 2.75) is 45.1 Å². The maximum atomic E-state index is 4.63. The van der Waals surface area contributed by atoms with Gasteiger partial charge in [-0.05, 0) is 18.8 Å². The molecular weight excluding hydrogens is 250 g/mol. The third-order valence-electron chi connectivity index (χ3n) is 4.33. The zero-order chi connectivity index (χ0) is 13.9. The fourth-order valence-electron chi connectivity index (χ4n) is 3.14. The van der Waals surface area contributed by atoms with Crippen LogP contribution in [0.1, 0.15) is 39.0 Å². The van der Waals surface area contributed by atoms with Gasteiger partial charge < -0.3 is 15.0 Å². The molecule has 2 unspecified atom stereocenters. The van der Waals surface area contributed by atoms with Crippen LogP contribution in [0.15, 0.2) is 18.6 Å². The van der Waals surface area contributed by atoms with Crippen molar-refractivity contribution in [2.24, 2.45) is 5.92 Å². The molecule has 0 amide bonds. The number of anilines is 2.